The summed E-state index contributed by atoms with van der Waals surface area (Å²) in [7, 11) is 0. The molecule has 3 rings (SSSR count). The van der Waals surface area contributed by atoms with Crippen LogP contribution in [0.1, 0.15) is 23.4 Å². The molecule has 0 saturated heterocycles. The Morgan fingerprint density at radius 1 is 1.21 bits per heavy atom. The minimum Gasteiger partial charge on any atom is -0.493 e. The topological polar surface area (TPSA) is 42.8 Å². The lowest BCUT2D eigenvalue weighted by atomic mass is 10.2. The highest BCUT2D eigenvalue weighted by molar-refractivity contribution is 7.71. The normalized spacial score (nSPS) is 11.6. The van der Waals surface area contributed by atoms with E-state index in [2.05, 4.69) is 10.2 Å². The Kier molecular flexibility index (Phi) is 6.10. The van der Waals surface area contributed by atoms with E-state index in [0.717, 1.165) is 23.4 Å². The molecular formula is C19H17ClF3N3OS. The summed E-state index contributed by atoms with van der Waals surface area (Å²) in [5.41, 5.74) is 0.512. The van der Waals surface area contributed by atoms with Crippen molar-refractivity contribution in [3.63, 3.8) is 0 Å². The van der Waals surface area contributed by atoms with Crippen LogP contribution < -0.4 is 4.74 Å². The van der Waals surface area contributed by atoms with Gasteiger partial charge in [0.2, 0.25) is 0 Å². The molecule has 0 radical (unpaired) electrons. The third kappa shape index (κ3) is 4.74. The van der Waals surface area contributed by atoms with Crippen LogP contribution in [0, 0.1) is 11.7 Å². The third-order valence-corrected chi connectivity index (χ3v) is 4.62. The molecule has 0 spiro atoms. The quantitative estimate of drug-likeness (QED) is 0.392. The summed E-state index contributed by atoms with van der Waals surface area (Å²) in [5, 5.41) is 7.44. The number of aromatic nitrogens is 3. The van der Waals surface area contributed by atoms with Gasteiger partial charge in [-0.3, -0.25) is 9.67 Å². The molecule has 148 valence electrons. The summed E-state index contributed by atoms with van der Waals surface area (Å²) in [6.45, 7) is 2.32. The molecule has 28 heavy (non-hydrogen) atoms. The van der Waals surface area contributed by atoms with Crippen molar-refractivity contribution >= 4 is 23.8 Å². The zero-order valence-electron chi connectivity index (χ0n) is 14.9. The number of H-pyrrole nitrogens is 1. The molecule has 1 heterocycles. The van der Waals surface area contributed by atoms with Crippen molar-refractivity contribution in [2.75, 3.05) is 6.61 Å². The fourth-order valence-electron chi connectivity index (χ4n) is 2.77. The summed E-state index contributed by atoms with van der Waals surface area (Å²) in [4.78, 5) is 0. The highest BCUT2D eigenvalue weighted by Crippen LogP contribution is 2.30. The first-order valence-corrected chi connectivity index (χ1v) is 9.27. The number of halogens is 4. The van der Waals surface area contributed by atoms with E-state index in [4.69, 9.17) is 28.6 Å². The van der Waals surface area contributed by atoms with Crippen LogP contribution in [0.2, 0.25) is 5.02 Å². The maximum atomic E-state index is 13.0. The number of nitrogens with zero attached hydrogens (tertiary/aromatic N) is 2. The number of hydrogen-bond acceptors (Lipinski definition) is 3. The number of rotatable bonds is 6. The van der Waals surface area contributed by atoms with E-state index in [1.54, 1.807) is 18.2 Å². The fourth-order valence-corrected chi connectivity index (χ4v) is 3.26. The van der Waals surface area contributed by atoms with Gasteiger partial charge < -0.3 is 4.74 Å². The van der Waals surface area contributed by atoms with Gasteiger partial charge in [-0.15, -0.1) is 0 Å². The van der Waals surface area contributed by atoms with Gasteiger partial charge in [-0.25, -0.2) is 0 Å². The van der Waals surface area contributed by atoms with Crippen LogP contribution in [0.5, 0.6) is 5.75 Å². The van der Waals surface area contributed by atoms with Crippen molar-refractivity contribution in [2.24, 2.45) is 0 Å². The maximum absolute atomic E-state index is 13.0. The summed E-state index contributed by atoms with van der Waals surface area (Å²) >= 11 is 11.1. The van der Waals surface area contributed by atoms with E-state index in [1.165, 1.54) is 10.6 Å². The van der Waals surface area contributed by atoms with Crippen LogP contribution in [0.4, 0.5) is 13.2 Å². The van der Waals surface area contributed by atoms with Gasteiger partial charge in [0, 0.05) is 11.4 Å². The summed E-state index contributed by atoms with van der Waals surface area (Å²) in [6, 6.07) is 10.4. The van der Waals surface area contributed by atoms with Crippen molar-refractivity contribution in [1.82, 2.24) is 14.8 Å². The van der Waals surface area contributed by atoms with Gasteiger partial charge >= 0.3 is 6.18 Å². The van der Waals surface area contributed by atoms with Crippen LogP contribution >= 0.6 is 23.8 Å². The average molecular weight is 428 g/mol. The van der Waals surface area contributed by atoms with Crippen molar-refractivity contribution in [2.45, 2.75) is 25.9 Å². The van der Waals surface area contributed by atoms with Gasteiger partial charge in [-0.1, -0.05) is 17.7 Å². The number of alkyl halides is 3. The van der Waals surface area contributed by atoms with Gasteiger partial charge in [-0.05, 0) is 67.5 Å². The largest absolute Gasteiger partial charge is 0.493 e. The van der Waals surface area contributed by atoms with Crippen molar-refractivity contribution in [1.29, 1.82) is 0 Å². The highest BCUT2D eigenvalue weighted by atomic mass is 35.5. The summed E-state index contributed by atoms with van der Waals surface area (Å²) in [5.74, 6) is 1.28. The minimum absolute atomic E-state index is 0.240. The molecule has 1 N–H and O–H groups in total. The SMILES string of the molecule is Cc1cc(Cl)ccc1OCCCc1n[nH]c(=S)n1-c1cccc(C(F)(F)F)c1. The Bertz CT molecular complexity index is 1030. The van der Waals surface area contributed by atoms with E-state index in [1.807, 2.05) is 13.0 Å². The first kappa shape index (κ1) is 20.4. The Morgan fingerprint density at radius 3 is 2.71 bits per heavy atom. The molecule has 0 bridgehead atoms. The van der Waals surface area contributed by atoms with Gasteiger partial charge in [0.1, 0.15) is 11.6 Å². The summed E-state index contributed by atoms with van der Waals surface area (Å²) in [6.07, 6.45) is -3.33. The number of benzene rings is 2. The lowest BCUT2D eigenvalue weighted by Crippen LogP contribution is -2.08. The Balaban J connectivity index is 1.71. The van der Waals surface area contributed by atoms with Crippen LogP contribution in [-0.4, -0.2) is 21.4 Å². The molecule has 1 aromatic heterocycles. The maximum Gasteiger partial charge on any atom is 0.416 e. The molecule has 0 amide bonds. The second kappa shape index (κ2) is 8.36. The van der Waals surface area contributed by atoms with Gasteiger partial charge in [0.25, 0.3) is 0 Å². The smallest absolute Gasteiger partial charge is 0.416 e. The second-order valence-corrected chi connectivity index (χ2v) is 7.01. The van der Waals surface area contributed by atoms with Crippen molar-refractivity contribution in [3.8, 4) is 11.4 Å². The molecular weight excluding hydrogens is 411 g/mol. The van der Waals surface area contributed by atoms with Crippen LogP contribution in [-0.2, 0) is 12.6 Å². The Morgan fingerprint density at radius 2 is 2.00 bits per heavy atom. The predicted octanol–water partition coefficient (Wildman–Crippen LogP) is 5.92. The molecule has 4 nitrogen and oxygen atoms in total. The van der Waals surface area contributed by atoms with Gasteiger partial charge in [0.05, 0.1) is 17.9 Å². The van der Waals surface area contributed by atoms with Crippen LogP contribution in [0.25, 0.3) is 5.69 Å². The van der Waals surface area contributed by atoms with E-state index in [0.29, 0.717) is 36.0 Å². The number of ether oxygens (including phenoxy) is 1. The molecule has 3 aromatic rings. The number of aromatic amines is 1. The molecule has 0 unspecified atom stereocenters. The molecule has 0 aliphatic heterocycles. The zero-order chi connectivity index (χ0) is 20.3. The standard InChI is InChI=1S/C19H17ClF3N3OS/c1-12-10-14(20)7-8-16(12)27-9-3-6-17-24-25-18(28)26(17)15-5-2-4-13(11-15)19(21,22)23/h2,4-5,7-8,10-11H,3,6,9H2,1H3,(H,25,28). The molecule has 0 atom stereocenters. The zero-order valence-corrected chi connectivity index (χ0v) is 16.5. The Hall–Kier alpha value is -2.32. The molecule has 9 heteroatoms. The monoisotopic (exact) mass is 427 g/mol. The fraction of sp³-hybridized carbons (Fsp3) is 0.263. The minimum atomic E-state index is -4.42. The van der Waals surface area contributed by atoms with Crippen LogP contribution in [0.15, 0.2) is 42.5 Å². The molecule has 0 aliphatic rings. The number of nitrogens with one attached hydrogen (secondary N) is 1. The average Bonchev–Trinajstić information content (AvgIpc) is 3.00. The number of hydrogen-bond donors (Lipinski definition) is 1. The molecule has 2 aromatic carbocycles. The lowest BCUT2D eigenvalue weighted by molar-refractivity contribution is -0.137. The first-order valence-electron chi connectivity index (χ1n) is 8.48. The first-order chi connectivity index (χ1) is 13.3. The van der Waals surface area contributed by atoms with Crippen LogP contribution in [0.3, 0.4) is 0 Å². The van der Waals surface area contributed by atoms with E-state index < -0.39 is 11.7 Å². The second-order valence-electron chi connectivity index (χ2n) is 6.19. The van der Waals surface area contributed by atoms with E-state index in [9.17, 15) is 13.2 Å². The Labute approximate surface area is 169 Å². The third-order valence-electron chi connectivity index (χ3n) is 4.11. The van der Waals surface area contributed by atoms with Crippen molar-refractivity contribution < 1.29 is 17.9 Å². The highest BCUT2D eigenvalue weighted by Gasteiger charge is 2.30. The van der Waals surface area contributed by atoms with E-state index >= 15 is 0 Å². The van der Waals surface area contributed by atoms with Crippen molar-refractivity contribution in [3.05, 3.63) is 69.2 Å². The molecule has 0 aliphatic carbocycles. The summed E-state index contributed by atoms with van der Waals surface area (Å²) < 4.78 is 46.5. The molecule has 0 saturated carbocycles. The van der Waals surface area contributed by atoms with Gasteiger partial charge in [0.15, 0.2) is 4.77 Å². The predicted molar refractivity (Wildman–Crippen MR) is 104 cm³/mol. The number of aryl methyl sites for hydroxylation is 2. The van der Waals surface area contributed by atoms with E-state index in [-0.39, 0.29) is 4.77 Å². The van der Waals surface area contributed by atoms with Gasteiger partial charge in [-0.2, -0.15) is 18.3 Å². The lowest BCUT2D eigenvalue weighted by Gasteiger charge is -2.12. The molecule has 0 fully saturated rings.